The number of rotatable bonds is 4. The van der Waals surface area contributed by atoms with E-state index in [9.17, 15) is 4.79 Å². The van der Waals surface area contributed by atoms with Crippen LogP contribution in [0.5, 0.6) is 0 Å². The van der Waals surface area contributed by atoms with E-state index in [1.807, 2.05) is 11.8 Å². The first kappa shape index (κ1) is 14.1. The number of hydrogen-bond acceptors (Lipinski definition) is 2. The van der Waals surface area contributed by atoms with E-state index >= 15 is 0 Å². The zero-order valence-corrected chi connectivity index (χ0v) is 12.1. The maximum absolute atomic E-state index is 11.8. The number of amides is 1. The Morgan fingerprint density at radius 3 is 2.63 bits per heavy atom. The highest BCUT2D eigenvalue weighted by atomic mass is 16.2. The average molecular weight is 260 g/mol. The summed E-state index contributed by atoms with van der Waals surface area (Å²) < 4.78 is 0. The average Bonchev–Trinajstić information content (AvgIpc) is 2.87. The lowest BCUT2D eigenvalue weighted by atomic mass is 9.91. The topological polar surface area (TPSA) is 46.3 Å². The molecule has 104 valence electrons. The van der Waals surface area contributed by atoms with Crippen LogP contribution in [0.1, 0.15) is 56.3 Å². The molecule has 0 spiro atoms. The first-order chi connectivity index (χ1) is 9.06. The quantitative estimate of drug-likeness (QED) is 0.904. The molecule has 3 heteroatoms. The zero-order chi connectivity index (χ0) is 14.0. The third-order valence-electron chi connectivity index (χ3n) is 4.25. The highest BCUT2D eigenvalue weighted by Crippen LogP contribution is 2.28. The summed E-state index contributed by atoms with van der Waals surface area (Å²) in [6.07, 6.45) is 1.66. The maximum Gasteiger partial charge on any atom is 0.222 e. The smallest absolute Gasteiger partial charge is 0.222 e. The van der Waals surface area contributed by atoms with Gasteiger partial charge in [-0.2, -0.15) is 0 Å². The molecule has 2 rings (SSSR count). The second kappa shape index (κ2) is 5.74. The van der Waals surface area contributed by atoms with Gasteiger partial charge in [0.1, 0.15) is 0 Å². The lowest BCUT2D eigenvalue weighted by Gasteiger charge is -2.19. The third-order valence-corrected chi connectivity index (χ3v) is 4.25. The van der Waals surface area contributed by atoms with Crippen LogP contribution in [-0.4, -0.2) is 10.8 Å². The Balaban J connectivity index is 2.17. The molecule has 0 saturated carbocycles. The van der Waals surface area contributed by atoms with E-state index in [0.717, 1.165) is 19.5 Å². The van der Waals surface area contributed by atoms with E-state index in [1.165, 1.54) is 16.7 Å². The summed E-state index contributed by atoms with van der Waals surface area (Å²) in [7, 11) is 0. The van der Waals surface area contributed by atoms with Gasteiger partial charge in [0, 0.05) is 25.6 Å². The van der Waals surface area contributed by atoms with E-state index in [4.69, 9.17) is 5.73 Å². The highest BCUT2D eigenvalue weighted by Gasteiger charge is 2.23. The van der Waals surface area contributed by atoms with Gasteiger partial charge in [-0.25, -0.2) is 0 Å². The molecule has 1 aromatic carbocycles. The second-order valence-electron chi connectivity index (χ2n) is 5.54. The fourth-order valence-electron chi connectivity index (χ4n) is 2.60. The van der Waals surface area contributed by atoms with E-state index in [-0.39, 0.29) is 11.9 Å². The Kier molecular flexibility index (Phi) is 4.25. The molecule has 1 aliphatic heterocycles. The Morgan fingerprint density at radius 1 is 1.32 bits per heavy atom. The maximum atomic E-state index is 11.8. The number of fused-ring (bicyclic) bond motifs is 1. The predicted octanol–water partition coefficient (Wildman–Crippen LogP) is 2.98. The second-order valence-corrected chi connectivity index (χ2v) is 5.54. The standard InChI is InChI=1S/C16H24N2O/c1-4-11(3)16(17)12-6-7-13-9-18(15(19)5-2)10-14(13)8-12/h6-8,11,16H,4-5,9-10,17H2,1-3H3. The number of hydrogen-bond donors (Lipinski definition) is 1. The molecule has 1 aliphatic rings. The van der Waals surface area contributed by atoms with Crippen molar-refractivity contribution < 1.29 is 4.79 Å². The lowest BCUT2D eigenvalue weighted by Crippen LogP contribution is -2.24. The molecule has 0 fully saturated rings. The van der Waals surface area contributed by atoms with Crippen LogP contribution in [0.2, 0.25) is 0 Å². The van der Waals surface area contributed by atoms with Gasteiger partial charge in [-0.3, -0.25) is 4.79 Å². The van der Waals surface area contributed by atoms with Crippen molar-refractivity contribution in [3.05, 3.63) is 34.9 Å². The van der Waals surface area contributed by atoms with Crippen molar-refractivity contribution in [1.29, 1.82) is 0 Å². The lowest BCUT2D eigenvalue weighted by molar-refractivity contribution is -0.131. The number of nitrogens with zero attached hydrogens (tertiary/aromatic N) is 1. The Morgan fingerprint density at radius 2 is 2.00 bits per heavy atom. The largest absolute Gasteiger partial charge is 0.334 e. The summed E-state index contributed by atoms with van der Waals surface area (Å²) in [4.78, 5) is 13.7. The van der Waals surface area contributed by atoms with Gasteiger partial charge in [0.15, 0.2) is 0 Å². The minimum Gasteiger partial charge on any atom is -0.334 e. The van der Waals surface area contributed by atoms with Crippen LogP contribution in [0.4, 0.5) is 0 Å². The molecule has 19 heavy (non-hydrogen) atoms. The van der Waals surface area contributed by atoms with Crippen molar-refractivity contribution in [2.45, 2.75) is 52.7 Å². The summed E-state index contributed by atoms with van der Waals surface area (Å²) >= 11 is 0. The Labute approximate surface area is 115 Å². The van der Waals surface area contributed by atoms with Gasteiger partial charge in [0.2, 0.25) is 5.91 Å². The molecule has 0 saturated heterocycles. The summed E-state index contributed by atoms with van der Waals surface area (Å²) in [5.74, 6) is 0.705. The van der Waals surface area contributed by atoms with Crippen LogP contribution in [0.25, 0.3) is 0 Å². The fraction of sp³-hybridized carbons (Fsp3) is 0.562. The van der Waals surface area contributed by atoms with Crippen LogP contribution >= 0.6 is 0 Å². The van der Waals surface area contributed by atoms with Gasteiger partial charge in [0.05, 0.1) is 0 Å². The van der Waals surface area contributed by atoms with Gasteiger partial charge in [-0.05, 0) is 22.6 Å². The van der Waals surface area contributed by atoms with Gasteiger partial charge < -0.3 is 10.6 Å². The summed E-state index contributed by atoms with van der Waals surface area (Å²) in [5, 5.41) is 0. The first-order valence-corrected chi connectivity index (χ1v) is 7.21. The van der Waals surface area contributed by atoms with E-state index in [1.54, 1.807) is 0 Å². The molecule has 0 aromatic heterocycles. The molecule has 1 aromatic rings. The van der Waals surface area contributed by atoms with Gasteiger partial charge in [-0.15, -0.1) is 0 Å². The Hall–Kier alpha value is -1.35. The zero-order valence-electron chi connectivity index (χ0n) is 12.1. The highest BCUT2D eigenvalue weighted by molar-refractivity contribution is 5.76. The van der Waals surface area contributed by atoms with E-state index < -0.39 is 0 Å². The molecule has 2 N–H and O–H groups in total. The van der Waals surface area contributed by atoms with Gasteiger partial charge in [0.25, 0.3) is 0 Å². The molecule has 3 nitrogen and oxygen atoms in total. The van der Waals surface area contributed by atoms with Crippen molar-refractivity contribution in [2.24, 2.45) is 11.7 Å². The van der Waals surface area contributed by atoms with Crippen molar-refractivity contribution in [2.75, 3.05) is 0 Å². The normalized spacial score (nSPS) is 17.2. The molecular formula is C16H24N2O. The summed E-state index contributed by atoms with van der Waals surface area (Å²) in [6.45, 7) is 7.75. The van der Waals surface area contributed by atoms with Crippen LogP contribution in [0, 0.1) is 5.92 Å². The third kappa shape index (κ3) is 2.81. The molecule has 2 unspecified atom stereocenters. The minimum atomic E-state index is 0.0891. The number of benzene rings is 1. The molecule has 1 amide bonds. The number of carbonyl (C=O) groups is 1. The summed E-state index contributed by atoms with van der Waals surface area (Å²) in [6, 6.07) is 6.53. The summed E-state index contributed by atoms with van der Waals surface area (Å²) in [5.41, 5.74) is 10.0. The molecule has 0 aliphatic carbocycles. The van der Waals surface area contributed by atoms with Crippen LogP contribution in [0.3, 0.4) is 0 Å². The predicted molar refractivity (Wildman–Crippen MR) is 77.4 cm³/mol. The minimum absolute atomic E-state index is 0.0891. The van der Waals surface area contributed by atoms with Crippen molar-refractivity contribution in [3.8, 4) is 0 Å². The Bertz CT molecular complexity index is 470. The molecule has 2 atom stereocenters. The molecule has 1 heterocycles. The van der Waals surface area contributed by atoms with Crippen LogP contribution in [-0.2, 0) is 17.9 Å². The number of carbonyl (C=O) groups excluding carboxylic acids is 1. The van der Waals surface area contributed by atoms with Crippen molar-refractivity contribution >= 4 is 5.91 Å². The molecule has 0 bridgehead atoms. The molecular weight excluding hydrogens is 236 g/mol. The number of nitrogens with two attached hydrogens (primary N) is 1. The molecule has 0 radical (unpaired) electrons. The van der Waals surface area contributed by atoms with Gasteiger partial charge >= 0.3 is 0 Å². The van der Waals surface area contributed by atoms with Crippen molar-refractivity contribution in [3.63, 3.8) is 0 Å². The first-order valence-electron chi connectivity index (χ1n) is 7.21. The van der Waals surface area contributed by atoms with Crippen molar-refractivity contribution in [1.82, 2.24) is 4.90 Å². The van der Waals surface area contributed by atoms with Crippen LogP contribution in [0.15, 0.2) is 18.2 Å². The van der Waals surface area contributed by atoms with Gasteiger partial charge in [-0.1, -0.05) is 45.4 Å². The van der Waals surface area contributed by atoms with Crippen LogP contribution < -0.4 is 5.73 Å². The monoisotopic (exact) mass is 260 g/mol. The van der Waals surface area contributed by atoms with E-state index in [0.29, 0.717) is 12.3 Å². The fourth-order valence-corrected chi connectivity index (χ4v) is 2.60. The SMILES string of the molecule is CCC(=O)N1Cc2ccc(C(N)C(C)CC)cc2C1. The van der Waals surface area contributed by atoms with E-state index in [2.05, 4.69) is 32.0 Å².